The van der Waals surface area contributed by atoms with Crippen molar-refractivity contribution >= 4 is 15.8 Å². The summed E-state index contributed by atoms with van der Waals surface area (Å²) in [4.78, 5) is 11.5. The summed E-state index contributed by atoms with van der Waals surface area (Å²) in [7, 11) is -3.06. The molecule has 1 aliphatic carbocycles. The Bertz CT molecular complexity index is 566. The maximum Gasteiger partial charge on any atom is 0.314 e. The third-order valence-electron chi connectivity index (χ3n) is 3.80. The van der Waals surface area contributed by atoms with Crippen LogP contribution in [0.25, 0.3) is 0 Å². The first-order chi connectivity index (χ1) is 8.83. The summed E-state index contributed by atoms with van der Waals surface area (Å²) in [5.74, 6) is -0.784. The molecule has 4 nitrogen and oxygen atoms in total. The van der Waals surface area contributed by atoms with E-state index in [1.807, 2.05) is 0 Å². The van der Waals surface area contributed by atoms with Gasteiger partial charge in [-0.05, 0) is 24.0 Å². The van der Waals surface area contributed by atoms with Crippen LogP contribution in [0.3, 0.4) is 0 Å². The largest absolute Gasteiger partial charge is 0.481 e. The van der Waals surface area contributed by atoms with E-state index in [2.05, 4.69) is 0 Å². The van der Waals surface area contributed by atoms with E-state index in [4.69, 9.17) is 0 Å². The molecule has 0 aromatic heterocycles. The van der Waals surface area contributed by atoms with Gasteiger partial charge in [0, 0.05) is 6.26 Å². The van der Waals surface area contributed by atoms with Gasteiger partial charge < -0.3 is 5.11 Å². The fourth-order valence-electron chi connectivity index (χ4n) is 2.83. The molecule has 1 aromatic rings. The Kier molecular flexibility index (Phi) is 3.67. The second kappa shape index (κ2) is 4.96. The number of sulfone groups is 1. The van der Waals surface area contributed by atoms with E-state index >= 15 is 0 Å². The van der Waals surface area contributed by atoms with E-state index in [1.165, 1.54) is 6.26 Å². The van der Waals surface area contributed by atoms with Crippen LogP contribution in [0.1, 0.15) is 36.8 Å². The van der Waals surface area contributed by atoms with Crippen LogP contribution in [0.15, 0.2) is 24.3 Å². The van der Waals surface area contributed by atoms with E-state index in [0.29, 0.717) is 18.4 Å². The summed E-state index contributed by atoms with van der Waals surface area (Å²) in [6.45, 7) is 0. The molecule has 0 atom stereocenters. The van der Waals surface area contributed by atoms with Crippen LogP contribution in [0.2, 0.25) is 0 Å². The Labute approximate surface area is 113 Å². The highest BCUT2D eigenvalue weighted by Crippen LogP contribution is 2.41. The van der Waals surface area contributed by atoms with Gasteiger partial charge >= 0.3 is 5.97 Å². The van der Waals surface area contributed by atoms with Gasteiger partial charge in [0.25, 0.3) is 0 Å². The third-order valence-corrected chi connectivity index (χ3v) is 4.66. The van der Waals surface area contributed by atoms with E-state index < -0.39 is 21.2 Å². The fourth-order valence-corrected chi connectivity index (χ4v) is 3.63. The lowest BCUT2D eigenvalue weighted by Gasteiger charge is -2.24. The molecule has 0 bridgehead atoms. The monoisotopic (exact) mass is 282 g/mol. The minimum Gasteiger partial charge on any atom is -0.481 e. The standard InChI is InChI=1S/C14H18O4S/c1-19(17,18)10-11-4-6-12(7-5-11)14(13(15)16)8-2-3-9-14/h4-7H,2-3,8-10H2,1H3,(H,15,16). The number of carboxylic acid groups (broad SMARTS) is 1. The molecule has 0 amide bonds. The van der Waals surface area contributed by atoms with Crippen molar-refractivity contribution in [3.05, 3.63) is 35.4 Å². The van der Waals surface area contributed by atoms with Crippen LogP contribution in [0.5, 0.6) is 0 Å². The quantitative estimate of drug-likeness (QED) is 0.918. The van der Waals surface area contributed by atoms with Crippen molar-refractivity contribution in [1.82, 2.24) is 0 Å². The Balaban J connectivity index is 2.29. The average Bonchev–Trinajstić information content (AvgIpc) is 2.78. The van der Waals surface area contributed by atoms with Crippen LogP contribution in [0.4, 0.5) is 0 Å². The summed E-state index contributed by atoms with van der Waals surface area (Å²) in [6.07, 6.45) is 4.37. The Morgan fingerprint density at radius 1 is 1.21 bits per heavy atom. The van der Waals surface area contributed by atoms with Gasteiger partial charge in [-0.3, -0.25) is 4.79 Å². The zero-order chi connectivity index (χ0) is 14.1. The highest BCUT2D eigenvalue weighted by molar-refractivity contribution is 7.89. The average molecular weight is 282 g/mol. The number of benzene rings is 1. The van der Waals surface area contributed by atoms with Crippen molar-refractivity contribution in [2.75, 3.05) is 6.26 Å². The second-order valence-electron chi connectivity index (χ2n) is 5.36. The van der Waals surface area contributed by atoms with Crippen molar-refractivity contribution < 1.29 is 18.3 Å². The molecule has 1 N–H and O–H groups in total. The van der Waals surface area contributed by atoms with Crippen molar-refractivity contribution in [3.8, 4) is 0 Å². The molecule has 0 heterocycles. The van der Waals surface area contributed by atoms with Crippen LogP contribution in [-0.2, 0) is 25.8 Å². The number of aliphatic carboxylic acids is 1. The molecule has 1 fully saturated rings. The lowest BCUT2D eigenvalue weighted by molar-refractivity contribution is -0.143. The van der Waals surface area contributed by atoms with E-state index in [0.717, 1.165) is 18.4 Å². The fraction of sp³-hybridized carbons (Fsp3) is 0.500. The van der Waals surface area contributed by atoms with Gasteiger partial charge in [-0.25, -0.2) is 8.42 Å². The summed E-state index contributed by atoms with van der Waals surface area (Å²) in [6, 6.07) is 6.97. The first-order valence-corrected chi connectivity index (χ1v) is 8.40. The molecule has 104 valence electrons. The van der Waals surface area contributed by atoms with Gasteiger partial charge in [0.05, 0.1) is 11.2 Å². The van der Waals surface area contributed by atoms with Crippen LogP contribution in [0, 0.1) is 0 Å². The molecular weight excluding hydrogens is 264 g/mol. The second-order valence-corrected chi connectivity index (χ2v) is 7.50. The number of rotatable bonds is 4. The lowest BCUT2D eigenvalue weighted by Crippen LogP contribution is -2.32. The summed E-state index contributed by atoms with van der Waals surface area (Å²) >= 11 is 0. The minimum atomic E-state index is -3.06. The van der Waals surface area contributed by atoms with Crippen LogP contribution >= 0.6 is 0 Å². The molecule has 0 unspecified atom stereocenters. The minimum absolute atomic E-state index is 0.00660. The van der Waals surface area contributed by atoms with Gasteiger partial charge in [-0.1, -0.05) is 37.1 Å². The first kappa shape index (κ1) is 14.1. The van der Waals surface area contributed by atoms with E-state index in [1.54, 1.807) is 24.3 Å². The first-order valence-electron chi connectivity index (χ1n) is 6.34. The Morgan fingerprint density at radius 3 is 2.16 bits per heavy atom. The van der Waals surface area contributed by atoms with Crippen molar-refractivity contribution in [1.29, 1.82) is 0 Å². The van der Waals surface area contributed by atoms with Crippen molar-refractivity contribution in [2.24, 2.45) is 0 Å². The maximum atomic E-state index is 11.5. The molecule has 5 heteroatoms. The van der Waals surface area contributed by atoms with Crippen LogP contribution < -0.4 is 0 Å². The normalized spacial score (nSPS) is 18.4. The molecule has 19 heavy (non-hydrogen) atoms. The molecule has 2 rings (SSSR count). The van der Waals surface area contributed by atoms with Gasteiger partial charge in [-0.15, -0.1) is 0 Å². The zero-order valence-electron chi connectivity index (χ0n) is 10.9. The molecule has 1 saturated carbocycles. The number of carbonyl (C=O) groups is 1. The molecule has 0 saturated heterocycles. The van der Waals surface area contributed by atoms with E-state index in [9.17, 15) is 18.3 Å². The van der Waals surface area contributed by atoms with Gasteiger partial charge in [0.1, 0.15) is 0 Å². The third kappa shape index (κ3) is 2.97. The summed E-state index contributed by atoms with van der Waals surface area (Å²) < 4.78 is 22.4. The zero-order valence-corrected chi connectivity index (χ0v) is 11.7. The molecule has 1 aliphatic rings. The molecule has 0 spiro atoms. The summed E-state index contributed by atoms with van der Waals surface area (Å²) in [5, 5.41) is 9.48. The van der Waals surface area contributed by atoms with E-state index in [-0.39, 0.29) is 5.75 Å². The summed E-state index contributed by atoms with van der Waals surface area (Å²) in [5.41, 5.74) is 0.711. The Hall–Kier alpha value is -1.36. The number of hydrogen-bond donors (Lipinski definition) is 1. The smallest absolute Gasteiger partial charge is 0.314 e. The molecular formula is C14H18O4S. The van der Waals surface area contributed by atoms with Gasteiger partial charge in [-0.2, -0.15) is 0 Å². The number of hydrogen-bond acceptors (Lipinski definition) is 3. The van der Waals surface area contributed by atoms with Gasteiger partial charge in [0.2, 0.25) is 0 Å². The lowest BCUT2D eigenvalue weighted by atomic mass is 9.79. The highest BCUT2D eigenvalue weighted by atomic mass is 32.2. The molecule has 0 aliphatic heterocycles. The van der Waals surface area contributed by atoms with Gasteiger partial charge in [0.15, 0.2) is 9.84 Å². The maximum absolute atomic E-state index is 11.5. The highest BCUT2D eigenvalue weighted by Gasteiger charge is 2.42. The number of carboxylic acids is 1. The molecule has 0 radical (unpaired) electrons. The van der Waals surface area contributed by atoms with Crippen LogP contribution in [-0.4, -0.2) is 25.7 Å². The predicted octanol–water partition coefficient (Wildman–Crippen LogP) is 2.13. The molecule has 1 aromatic carbocycles. The Morgan fingerprint density at radius 2 is 1.74 bits per heavy atom. The SMILES string of the molecule is CS(=O)(=O)Cc1ccc(C2(C(=O)O)CCCC2)cc1. The predicted molar refractivity (Wildman–Crippen MR) is 72.8 cm³/mol. The topological polar surface area (TPSA) is 71.4 Å². The van der Waals surface area contributed by atoms with Crippen molar-refractivity contribution in [3.63, 3.8) is 0 Å². The van der Waals surface area contributed by atoms with Crippen molar-refractivity contribution in [2.45, 2.75) is 36.9 Å².